The van der Waals surface area contributed by atoms with E-state index >= 15 is 0 Å². The number of hydrogen-bond acceptors (Lipinski definition) is 4. The molecule has 0 radical (unpaired) electrons. The van der Waals surface area contributed by atoms with Crippen LogP contribution in [-0.4, -0.2) is 34.7 Å². The topological polar surface area (TPSA) is 76.4 Å². The zero-order valence-corrected chi connectivity index (χ0v) is 14.9. The second-order valence-electron chi connectivity index (χ2n) is 5.59. The molecule has 134 valence electrons. The van der Waals surface area contributed by atoms with Gasteiger partial charge in [0.15, 0.2) is 5.96 Å². The lowest BCUT2D eigenvalue weighted by atomic mass is 10.2. The molecule has 2 aromatic heterocycles. The number of methoxy groups -OCH3 is 1. The Morgan fingerprint density at radius 2 is 2.00 bits per heavy atom. The summed E-state index contributed by atoms with van der Waals surface area (Å²) in [6.07, 6.45) is 7.16. The van der Waals surface area contributed by atoms with Crippen molar-refractivity contribution in [2.24, 2.45) is 4.99 Å². The molecule has 1 aromatic carbocycles. The highest BCUT2D eigenvalue weighted by Gasteiger charge is 2.04. The van der Waals surface area contributed by atoms with Crippen molar-refractivity contribution in [3.8, 4) is 11.6 Å². The second-order valence-corrected chi connectivity index (χ2v) is 5.59. The summed E-state index contributed by atoms with van der Waals surface area (Å²) in [6, 6.07) is 11.9. The maximum atomic E-state index is 5.37. The number of guanidine groups is 1. The zero-order chi connectivity index (χ0) is 18.2. The Hall–Kier alpha value is -3.35. The van der Waals surface area contributed by atoms with Gasteiger partial charge in [-0.2, -0.15) is 0 Å². The van der Waals surface area contributed by atoms with E-state index < -0.39 is 0 Å². The van der Waals surface area contributed by atoms with E-state index in [1.165, 1.54) is 0 Å². The Kier molecular flexibility index (Phi) is 5.82. The predicted molar refractivity (Wildman–Crippen MR) is 101 cm³/mol. The number of hydrogen-bond donors (Lipinski definition) is 2. The number of nitrogens with one attached hydrogen (secondary N) is 2. The average Bonchev–Trinajstić information content (AvgIpc) is 3.23. The SMILES string of the molecule is CN=C(NCc1ccc(-n2ccnc2)nc1)NCc1ccccc1OC. The smallest absolute Gasteiger partial charge is 0.191 e. The standard InChI is InChI=1S/C19H22N6O/c1-20-19(24-13-16-5-3-4-6-17(16)26-2)23-12-15-7-8-18(22-11-15)25-10-9-21-14-25/h3-11,14H,12-13H2,1-2H3,(H2,20,23,24). The number of imidazole rings is 1. The van der Waals surface area contributed by atoms with Crippen molar-refractivity contribution in [2.45, 2.75) is 13.1 Å². The molecule has 0 amide bonds. The van der Waals surface area contributed by atoms with Crippen molar-refractivity contribution in [3.63, 3.8) is 0 Å². The van der Waals surface area contributed by atoms with Gasteiger partial charge in [-0.25, -0.2) is 9.97 Å². The molecule has 2 N–H and O–H groups in total. The Morgan fingerprint density at radius 3 is 2.69 bits per heavy atom. The highest BCUT2D eigenvalue weighted by Crippen LogP contribution is 2.16. The third-order valence-corrected chi connectivity index (χ3v) is 3.90. The molecule has 26 heavy (non-hydrogen) atoms. The zero-order valence-electron chi connectivity index (χ0n) is 14.9. The first-order valence-electron chi connectivity index (χ1n) is 8.30. The number of rotatable bonds is 6. The van der Waals surface area contributed by atoms with Gasteiger partial charge in [0, 0.05) is 44.3 Å². The minimum absolute atomic E-state index is 0.626. The molecule has 7 heteroatoms. The maximum Gasteiger partial charge on any atom is 0.191 e. The molecule has 0 aliphatic rings. The highest BCUT2D eigenvalue weighted by atomic mass is 16.5. The summed E-state index contributed by atoms with van der Waals surface area (Å²) in [5.41, 5.74) is 2.14. The van der Waals surface area contributed by atoms with Crippen LogP contribution in [0.4, 0.5) is 0 Å². The van der Waals surface area contributed by atoms with Crippen LogP contribution in [0.1, 0.15) is 11.1 Å². The molecule has 0 atom stereocenters. The summed E-state index contributed by atoms with van der Waals surface area (Å²) in [5, 5.41) is 6.58. The van der Waals surface area contributed by atoms with Crippen molar-refractivity contribution >= 4 is 5.96 Å². The van der Waals surface area contributed by atoms with Gasteiger partial charge in [0.25, 0.3) is 0 Å². The third-order valence-electron chi connectivity index (χ3n) is 3.90. The number of ether oxygens (including phenoxy) is 1. The van der Waals surface area contributed by atoms with Gasteiger partial charge in [0.05, 0.1) is 7.11 Å². The lowest BCUT2D eigenvalue weighted by molar-refractivity contribution is 0.409. The van der Waals surface area contributed by atoms with E-state index in [-0.39, 0.29) is 0 Å². The molecule has 0 aliphatic heterocycles. The summed E-state index contributed by atoms with van der Waals surface area (Å²) in [5.74, 6) is 2.41. The molecule has 3 aromatic rings. The minimum Gasteiger partial charge on any atom is -0.496 e. The van der Waals surface area contributed by atoms with Gasteiger partial charge in [-0.3, -0.25) is 9.56 Å². The normalized spacial score (nSPS) is 11.2. The summed E-state index contributed by atoms with van der Waals surface area (Å²) < 4.78 is 7.23. The van der Waals surface area contributed by atoms with Crippen LogP contribution in [0.25, 0.3) is 5.82 Å². The van der Waals surface area contributed by atoms with E-state index in [0.29, 0.717) is 13.1 Å². The number of aliphatic imine (C=N–C) groups is 1. The molecule has 7 nitrogen and oxygen atoms in total. The first-order valence-corrected chi connectivity index (χ1v) is 8.30. The predicted octanol–water partition coefficient (Wildman–Crippen LogP) is 2.14. The summed E-state index contributed by atoms with van der Waals surface area (Å²) >= 11 is 0. The van der Waals surface area contributed by atoms with Gasteiger partial charge < -0.3 is 15.4 Å². The van der Waals surface area contributed by atoms with Gasteiger partial charge in [-0.1, -0.05) is 24.3 Å². The van der Waals surface area contributed by atoms with Crippen LogP contribution in [0.3, 0.4) is 0 Å². The number of benzene rings is 1. The fraction of sp³-hybridized carbons (Fsp3) is 0.211. The van der Waals surface area contributed by atoms with E-state index in [4.69, 9.17) is 4.74 Å². The Morgan fingerprint density at radius 1 is 1.15 bits per heavy atom. The molecule has 0 spiro atoms. The molecule has 0 unspecified atom stereocenters. The number of aromatic nitrogens is 3. The van der Waals surface area contributed by atoms with E-state index in [9.17, 15) is 0 Å². The molecule has 3 rings (SSSR count). The van der Waals surface area contributed by atoms with Crippen LogP contribution in [0.15, 0.2) is 66.3 Å². The van der Waals surface area contributed by atoms with Crippen molar-refractivity contribution in [1.82, 2.24) is 25.2 Å². The fourth-order valence-corrected chi connectivity index (χ4v) is 2.50. The van der Waals surface area contributed by atoms with E-state index in [1.54, 1.807) is 26.7 Å². The lowest BCUT2D eigenvalue weighted by Gasteiger charge is -2.14. The fourth-order valence-electron chi connectivity index (χ4n) is 2.50. The molecular weight excluding hydrogens is 328 g/mol. The summed E-state index contributed by atoms with van der Waals surface area (Å²) in [4.78, 5) is 12.7. The second kappa shape index (κ2) is 8.66. The van der Waals surface area contributed by atoms with Crippen LogP contribution in [0.2, 0.25) is 0 Å². The van der Waals surface area contributed by atoms with Crippen molar-refractivity contribution in [3.05, 3.63) is 72.4 Å². The summed E-state index contributed by atoms with van der Waals surface area (Å²) in [6.45, 7) is 1.25. The first kappa shape index (κ1) is 17.5. The maximum absolute atomic E-state index is 5.37. The van der Waals surface area contributed by atoms with E-state index in [1.807, 2.05) is 53.4 Å². The van der Waals surface area contributed by atoms with Crippen LogP contribution < -0.4 is 15.4 Å². The molecule has 0 fully saturated rings. The highest BCUT2D eigenvalue weighted by molar-refractivity contribution is 5.79. The van der Waals surface area contributed by atoms with Gasteiger partial charge in [0.2, 0.25) is 0 Å². The summed E-state index contributed by atoms with van der Waals surface area (Å²) in [7, 11) is 3.42. The van der Waals surface area contributed by atoms with Crippen LogP contribution >= 0.6 is 0 Å². The quantitative estimate of drug-likeness (QED) is 0.526. The number of para-hydroxylation sites is 1. The van der Waals surface area contributed by atoms with E-state index in [2.05, 4.69) is 25.6 Å². The third kappa shape index (κ3) is 4.38. The van der Waals surface area contributed by atoms with E-state index in [0.717, 1.165) is 28.7 Å². The Labute approximate surface area is 152 Å². The average molecular weight is 350 g/mol. The Balaban J connectivity index is 1.54. The molecular formula is C19H22N6O. The first-order chi connectivity index (χ1) is 12.8. The van der Waals surface area contributed by atoms with Crippen molar-refractivity contribution < 1.29 is 4.74 Å². The Bertz CT molecular complexity index is 843. The number of nitrogens with zero attached hydrogens (tertiary/aromatic N) is 4. The minimum atomic E-state index is 0.626. The van der Waals surface area contributed by atoms with Gasteiger partial charge in [-0.05, 0) is 17.7 Å². The monoisotopic (exact) mass is 350 g/mol. The lowest BCUT2D eigenvalue weighted by Crippen LogP contribution is -2.36. The molecule has 2 heterocycles. The molecule has 0 bridgehead atoms. The van der Waals surface area contributed by atoms with Crippen LogP contribution in [0, 0.1) is 0 Å². The van der Waals surface area contributed by atoms with Crippen LogP contribution in [0.5, 0.6) is 5.75 Å². The molecule has 0 aliphatic carbocycles. The van der Waals surface area contributed by atoms with Gasteiger partial charge in [0.1, 0.15) is 17.9 Å². The van der Waals surface area contributed by atoms with Gasteiger partial charge in [-0.15, -0.1) is 0 Å². The number of pyridine rings is 1. The van der Waals surface area contributed by atoms with Crippen LogP contribution in [-0.2, 0) is 13.1 Å². The van der Waals surface area contributed by atoms with Crippen molar-refractivity contribution in [2.75, 3.05) is 14.2 Å². The molecule has 0 saturated heterocycles. The van der Waals surface area contributed by atoms with Crippen molar-refractivity contribution in [1.29, 1.82) is 0 Å². The molecule has 0 saturated carbocycles. The largest absolute Gasteiger partial charge is 0.496 e. The van der Waals surface area contributed by atoms with Gasteiger partial charge >= 0.3 is 0 Å².